The molecule has 172 valence electrons. The van der Waals surface area contributed by atoms with Crippen molar-refractivity contribution in [3.63, 3.8) is 0 Å². The average molecular weight is 462 g/mol. The number of hydrogen-bond acceptors (Lipinski definition) is 3. The number of nitrogens with one attached hydrogen (secondary N) is 1. The number of rotatable bonds is 8. The molecule has 0 saturated heterocycles. The molecule has 0 bridgehead atoms. The largest absolute Gasteiger partial charge is 0.494 e. The highest BCUT2D eigenvalue weighted by atomic mass is 35.5. The van der Waals surface area contributed by atoms with Crippen LogP contribution in [0.3, 0.4) is 0 Å². The molecule has 0 aliphatic carbocycles. The second-order valence-electron chi connectivity index (χ2n) is 9.40. The highest BCUT2D eigenvalue weighted by Crippen LogP contribution is 2.29. The molecule has 1 N–H and O–H groups in total. The zero-order chi connectivity index (χ0) is 23.4. The molecule has 0 unspecified atom stereocenters. The van der Waals surface area contributed by atoms with Gasteiger partial charge in [0.15, 0.2) is 0 Å². The van der Waals surface area contributed by atoms with Gasteiger partial charge in [-0.2, -0.15) is 0 Å². The molecule has 4 nitrogen and oxygen atoms in total. The lowest BCUT2D eigenvalue weighted by molar-refractivity contribution is 0.309. The van der Waals surface area contributed by atoms with Crippen molar-refractivity contribution in [2.45, 2.75) is 52.5 Å². The molecule has 0 radical (unpaired) electrons. The number of anilines is 1. The minimum absolute atomic E-state index is 0.144. The van der Waals surface area contributed by atoms with E-state index in [1.54, 1.807) is 0 Å². The number of hydrogen-bond donors (Lipinski definition) is 1. The Morgan fingerprint density at radius 1 is 0.970 bits per heavy atom. The molecule has 3 aromatic carbocycles. The molecule has 4 aromatic rings. The van der Waals surface area contributed by atoms with E-state index in [1.807, 2.05) is 30.3 Å². The van der Waals surface area contributed by atoms with E-state index < -0.39 is 0 Å². The van der Waals surface area contributed by atoms with E-state index in [1.165, 1.54) is 11.1 Å². The van der Waals surface area contributed by atoms with Gasteiger partial charge in [-0.15, -0.1) is 0 Å². The molecule has 1 aromatic heterocycles. The fraction of sp³-hybridized carbons (Fsp3) is 0.321. The third kappa shape index (κ3) is 5.51. The van der Waals surface area contributed by atoms with Gasteiger partial charge in [0.05, 0.1) is 17.6 Å². The third-order valence-electron chi connectivity index (χ3n) is 5.75. The molecule has 0 aliphatic rings. The van der Waals surface area contributed by atoms with Crippen molar-refractivity contribution in [1.29, 1.82) is 0 Å². The summed E-state index contributed by atoms with van der Waals surface area (Å²) in [4.78, 5) is 4.84. The minimum atomic E-state index is 0.144. The van der Waals surface area contributed by atoms with Crippen molar-refractivity contribution in [2.75, 3.05) is 11.9 Å². The maximum Gasteiger partial charge on any atom is 0.208 e. The van der Waals surface area contributed by atoms with Gasteiger partial charge in [-0.25, -0.2) is 4.98 Å². The van der Waals surface area contributed by atoms with Crippen LogP contribution in [-0.2, 0) is 12.0 Å². The van der Waals surface area contributed by atoms with E-state index in [4.69, 9.17) is 21.3 Å². The summed E-state index contributed by atoms with van der Waals surface area (Å²) in [5.74, 6) is 1.67. The van der Waals surface area contributed by atoms with E-state index >= 15 is 0 Å². The Labute approximate surface area is 201 Å². The van der Waals surface area contributed by atoms with Crippen molar-refractivity contribution >= 4 is 28.6 Å². The fourth-order valence-corrected chi connectivity index (χ4v) is 3.93. The summed E-state index contributed by atoms with van der Waals surface area (Å²) in [6.07, 6.45) is 2.18. The van der Waals surface area contributed by atoms with Crippen LogP contribution in [0.25, 0.3) is 16.7 Å². The first-order valence-electron chi connectivity index (χ1n) is 11.6. The SMILES string of the molecule is CCCCOc1ccc(-n2c(NCc3ccc(C(C)(C)C)cc3)nc3cc(Cl)ccc32)cc1. The second-order valence-corrected chi connectivity index (χ2v) is 9.84. The second kappa shape index (κ2) is 9.88. The van der Waals surface area contributed by atoms with Gasteiger partial charge in [0.1, 0.15) is 5.75 Å². The lowest BCUT2D eigenvalue weighted by Crippen LogP contribution is -2.11. The van der Waals surface area contributed by atoms with Crippen molar-refractivity contribution < 1.29 is 4.74 Å². The summed E-state index contributed by atoms with van der Waals surface area (Å²) in [7, 11) is 0. The Bertz CT molecular complexity index is 1210. The minimum Gasteiger partial charge on any atom is -0.494 e. The lowest BCUT2D eigenvalue weighted by atomic mass is 9.87. The predicted octanol–water partition coefficient (Wildman–Crippen LogP) is 7.77. The van der Waals surface area contributed by atoms with Crippen LogP contribution in [0.15, 0.2) is 66.7 Å². The smallest absolute Gasteiger partial charge is 0.208 e. The Hall–Kier alpha value is -2.98. The van der Waals surface area contributed by atoms with Crippen LogP contribution >= 0.6 is 11.6 Å². The molecule has 5 heteroatoms. The standard InChI is InChI=1S/C28H32ClN3O/c1-5-6-17-33-24-14-12-23(13-15-24)32-26-16-11-22(29)18-25(26)31-27(32)30-19-20-7-9-21(10-8-20)28(2,3)4/h7-16,18H,5-6,17,19H2,1-4H3,(H,30,31). The monoisotopic (exact) mass is 461 g/mol. The molecule has 0 spiro atoms. The van der Waals surface area contributed by atoms with Gasteiger partial charge < -0.3 is 10.1 Å². The molecular weight excluding hydrogens is 430 g/mol. The van der Waals surface area contributed by atoms with Crippen LogP contribution in [0.5, 0.6) is 5.75 Å². The maximum atomic E-state index is 6.25. The number of aromatic nitrogens is 2. The number of benzene rings is 3. The topological polar surface area (TPSA) is 39.1 Å². The van der Waals surface area contributed by atoms with Gasteiger partial charge >= 0.3 is 0 Å². The first-order chi connectivity index (χ1) is 15.8. The van der Waals surface area contributed by atoms with Gasteiger partial charge in [-0.3, -0.25) is 4.57 Å². The highest BCUT2D eigenvalue weighted by molar-refractivity contribution is 6.31. The molecular formula is C28H32ClN3O. The first-order valence-corrected chi connectivity index (χ1v) is 12.0. The Balaban J connectivity index is 1.61. The summed E-state index contributed by atoms with van der Waals surface area (Å²) < 4.78 is 7.96. The summed E-state index contributed by atoms with van der Waals surface area (Å²) in [5.41, 5.74) is 5.56. The van der Waals surface area contributed by atoms with Gasteiger partial charge in [0.2, 0.25) is 5.95 Å². The highest BCUT2D eigenvalue weighted by Gasteiger charge is 2.15. The van der Waals surface area contributed by atoms with Crippen molar-refractivity contribution in [2.24, 2.45) is 0 Å². The molecule has 0 amide bonds. The number of ether oxygens (including phenoxy) is 1. The van der Waals surface area contributed by atoms with Crippen LogP contribution in [0, 0.1) is 0 Å². The molecule has 4 rings (SSSR count). The summed E-state index contributed by atoms with van der Waals surface area (Å²) >= 11 is 6.25. The van der Waals surface area contributed by atoms with E-state index in [-0.39, 0.29) is 5.41 Å². The summed E-state index contributed by atoms with van der Waals surface area (Å²) in [5, 5.41) is 4.21. The third-order valence-corrected chi connectivity index (χ3v) is 5.98. The van der Waals surface area contributed by atoms with Crippen molar-refractivity contribution in [3.8, 4) is 11.4 Å². The number of fused-ring (bicyclic) bond motifs is 1. The molecule has 0 saturated carbocycles. The van der Waals surface area contributed by atoms with Gasteiger partial charge in [-0.1, -0.05) is 70.0 Å². The van der Waals surface area contributed by atoms with E-state index in [2.05, 4.69) is 74.0 Å². The van der Waals surface area contributed by atoms with E-state index in [9.17, 15) is 0 Å². The van der Waals surface area contributed by atoms with Gasteiger partial charge in [-0.05, 0) is 65.4 Å². The van der Waals surface area contributed by atoms with Crippen molar-refractivity contribution in [1.82, 2.24) is 9.55 Å². The molecule has 0 aliphatic heterocycles. The number of halogens is 1. The molecule has 33 heavy (non-hydrogen) atoms. The number of nitrogens with zero attached hydrogens (tertiary/aromatic N) is 2. The molecule has 0 fully saturated rings. The predicted molar refractivity (Wildman–Crippen MR) is 139 cm³/mol. The van der Waals surface area contributed by atoms with Crippen molar-refractivity contribution in [3.05, 3.63) is 82.9 Å². The maximum absolute atomic E-state index is 6.25. The van der Waals surface area contributed by atoms with Gasteiger partial charge in [0.25, 0.3) is 0 Å². The number of imidazole rings is 1. The lowest BCUT2D eigenvalue weighted by Gasteiger charge is -2.19. The van der Waals surface area contributed by atoms with Gasteiger partial charge in [0, 0.05) is 17.3 Å². The van der Waals surface area contributed by atoms with E-state index in [0.717, 1.165) is 47.9 Å². The Kier molecular flexibility index (Phi) is 6.94. The number of unbranched alkanes of at least 4 members (excludes halogenated alkanes) is 1. The fourth-order valence-electron chi connectivity index (χ4n) is 3.76. The zero-order valence-corrected chi connectivity index (χ0v) is 20.6. The van der Waals surface area contributed by atoms with Crippen LogP contribution in [0.1, 0.15) is 51.7 Å². The van der Waals surface area contributed by atoms with Crippen LogP contribution in [0.2, 0.25) is 5.02 Å². The summed E-state index contributed by atoms with van der Waals surface area (Å²) in [6.45, 7) is 10.3. The van der Waals surface area contributed by atoms with Crippen LogP contribution < -0.4 is 10.1 Å². The average Bonchev–Trinajstić information content (AvgIpc) is 3.15. The zero-order valence-electron chi connectivity index (χ0n) is 19.9. The van der Waals surface area contributed by atoms with Crippen LogP contribution in [-0.4, -0.2) is 16.2 Å². The Morgan fingerprint density at radius 2 is 1.70 bits per heavy atom. The first kappa shape index (κ1) is 23.2. The van der Waals surface area contributed by atoms with Crippen LogP contribution in [0.4, 0.5) is 5.95 Å². The molecule has 1 heterocycles. The van der Waals surface area contributed by atoms with E-state index in [0.29, 0.717) is 11.6 Å². The Morgan fingerprint density at radius 3 is 2.36 bits per heavy atom. The summed E-state index contributed by atoms with van der Waals surface area (Å²) in [6, 6.07) is 22.8. The quantitative estimate of drug-likeness (QED) is 0.272. The normalized spacial score (nSPS) is 11.7. The molecule has 0 atom stereocenters.